The Morgan fingerprint density at radius 2 is 2.11 bits per heavy atom. The molecule has 1 fully saturated rings. The normalized spacial score (nSPS) is 17.4. The number of fused-ring (bicyclic) bond motifs is 1. The third kappa shape index (κ3) is 1.95. The zero-order valence-corrected chi connectivity index (χ0v) is 10.1. The number of aromatic amines is 1. The van der Waals surface area contributed by atoms with Gasteiger partial charge in [-0.15, -0.1) is 0 Å². The van der Waals surface area contributed by atoms with Crippen molar-refractivity contribution < 1.29 is 4.39 Å². The van der Waals surface area contributed by atoms with E-state index in [0.717, 1.165) is 25.9 Å². The Kier molecular flexibility index (Phi) is 2.91. The minimum Gasteiger partial charge on any atom is -0.317 e. The Hall–Kier alpha value is -1.62. The summed E-state index contributed by atoms with van der Waals surface area (Å²) < 4.78 is 15.4. The number of hydrogen-bond donors (Lipinski definition) is 2. The fraction of sp³-hybridized carbons (Fsp3) is 0.462. The van der Waals surface area contributed by atoms with Crippen LogP contribution in [0.1, 0.15) is 12.8 Å². The quantitative estimate of drug-likeness (QED) is 0.846. The highest BCUT2D eigenvalue weighted by Gasteiger charge is 2.17. The van der Waals surface area contributed by atoms with Crippen molar-refractivity contribution >= 4 is 11.0 Å². The van der Waals surface area contributed by atoms with Crippen LogP contribution in [0.25, 0.3) is 11.0 Å². The number of piperidine rings is 1. The summed E-state index contributed by atoms with van der Waals surface area (Å²) in [5, 5.41) is 3.29. The summed E-state index contributed by atoms with van der Waals surface area (Å²) in [6, 6.07) is 4.75. The van der Waals surface area contributed by atoms with Gasteiger partial charge in [-0.3, -0.25) is 4.57 Å². The molecule has 1 aliphatic rings. The van der Waals surface area contributed by atoms with Crippen molar-refractivity contribution in [3.63, 3.8) is 0 Å². The smallest absolute Gasteiger partial charge is 0.317 e. The molecular weight excluding hydrogens is 233 g/mol. The number of para-hydroxylation sites is 1. The van der Waals surface area contributed by atoms with Crippen molar-refractivity contribution in [1.82, 2.24) is 14.9 Å². The van der Waals surface area contributed by atoms with Crippen LogP contribution in [-0.4, -0.2) is 22.6 Å². The fourth-order valence-corrected chi connectivity index (χ4v) is 2.67. The minimum atomic E-state index is -0.334. The van der Waals surface area contributed by atoms with E-state index in [1.807, 2.05) is 0 Å². The number of nitrogens with zero attached hydrogens (tertiary/aromatic N) is 1. The van der Waals surface area contributed by atoms with Gasteiger partial charge in [-0.25, -0.2) is 9.18 Å². The van der Waals surface area contributed by atoms with E-state index in [1.54, 1.807) is 16.7 Å². The molecule has 96 valence electrons. The maximum absolute atomic E-state index is 13.8. The van der Waals surface area contributed by atoms with Gasteiger partial charge in [0.2, 0.25) is 0 Å². The van der Waals surface area contributed by atoms with E-state index in [2.05, 4.69) is 10.3 Å². The molecule has 0 bridgehead atoms. The van der Waals surface area contributed by atoms with E-state index >= 15 is 0 Å². The van der Waals surface area contributed by atoms with E-state index in [9.17, 15) is 9.18 Å². The zero-order valence-electron chi connectivity index (χ0n) is 10.1. The Morgan fingerprint density at radius 3 is 2.89 bits per heavy atom. The molecule has 0 unspecified atom stereocenters. The number of rotatable bonds is 2. The molecule has 2 N–H and O–H groups in total. The first-order valence-electron chi connectivity index (χ1n) is 6.33. The largest absolute Gasteiger partial charge is 0.326 e. The predicted octanol–water partition coefficient (Wildman–Crippen LogP) is 1.47. The molecule has 0 aliphatic carbocycles. The van der Waals surface area contributed by atoms with Crippen LogP contribution in [0.2, 0.25) is 0 Å². The second kappa shape index (κ2) is 4.57. The second-order valence-electron chi connectivity index (χ2n) is 4.87. The Balaban J connectivity index is 2.00. The second-order valence-corrected chi connectivity index (χ2v) is 4.87. The number of aromatic nitrogens is 2. The van der Waals surface area contributed by atoms with Crippen LogP contribution in [-0.2, 0) is 6.54 Å². The van der Waals surface area contributed by atoms with Gasteiger partial charge < -0.3 is 10.3 Å². The Bertz CT molecular complexity index is 610. The number of H-pyrrole nitrogens is 1. The topological polar surface area (TPSA) is 49.8 Å². The van der Waals surface area contributed by atoms with Crippen LogP contribution in [0.15, 0.2) is 23.0 Å². The highest BCUT2D eigenvalue weighted by Crippen LogP contribution is 2.19. The van der Waals surface area contributed by atoms with Crippen molar-refractivity contribution in [2.75, 3.05) is 13.1 Å². The molecule has 0 spiro atoms. The molecule has 1 aromatic carbocycles. The molecule has 1 aliphatic heterocycles. The van der Waals surface area contributed by atoms with E-state index < -0.39 is 0 Å². The third-order valence-electron chi connectivity index (χ3n) is 3.64. The van der Waals surface area contributed by atoms with Gasteiger partial charge in [0.15, 0.2) is 0 Å². The van der Waals surface area contributed by atoms with Gasteiger partial charge >= 0.3 is 5.69 Å². The van der Waals surface area contributed by atoms with Crippen molar-refractivity contribution in [2.45, 2.75) is 19.4 Å². The number of benzene rings is 1. The lowest BCUT2D eigenvalue weighted by atomic mass is 9.98. The number of hydrogen-bond acceptors (Lipinski definition) is 2. The van der Waals surface area contributed by atoms with Crippen LogP contribution >= 0.6 is 0 Å². The molecule has 4 nitrogen and oxygen atoms in total. The molecule has 1 aromatic heterocycles. The minimum absolute atomic E-state index is 0.214. The highest BCUT2D eigenvalue weighted by atomic mass is 19.1. The standard InChI is InChI=1S/C13H16FN3O/c14-10-2-1-3-11-12(10)17(13(18)16-11)8-9-4-6-15-7-5-9/h1-3,9,15H,4-8H2,(H,16,18). The first-order valence-corrected chi connectivity index (χ1v) is 6.33. The summed E-state index contributed by atoms with van der Waals surface area (Å²) in [4.78, 5) is 14.6. The van der Waals surface area contributed by atoms with Crippen molar-refractivity contribution in [1.29, 1.82) is 0 Å². The van der Waals surface area contributed by atoms with Gasteiger partial charge in [-0.2, -0.15) is 0 Å². The summed E-state index contributed by atoms with van der Waals surface area (Å²) in [5.41, 5.74) is 0.767. The molecule has 0 radical (unpaired) electrons. The van der Waals surface area contributed by atoms with Crippen molar-refractivity contribution in [3.8, 4) is 0 Å². The van der Waals surface area contributed by atoms with Crippen LogP contribution in [0, 0.1) is 11.7 Å². The maximum Gasteiger partial charge on any atom is 0.326 e. The Morgan fingerprint density at radius 1 is 1.33 bits per heavy atom. The van der Waals surface area contributed by atoms with E-state index in [1.165, 1.54) is 6.07 Å². The molecule has 18 heavy (non-hydrogen) atoms. The van der Waals surface area contributed by atoms with Crippen LogP contribution < -0.4 is 11.0 Å². The molecule has 2 aromatic rings. The predicted molar refractivity (Wildman–Crippen MR) is 68.1 cm³/mol. The number of halogens is 1. The molecular formula is C13H16FN3O. The molecule has 5 heteroatoms. The molecule has 0 saturated carbocycles. The molecule has 3 rings (SSSR count). The van der Waals surface area contributed by atoms with Crippen molar-refractivity contribution in [2.24, 2.45) is 5.92 Å². The lowest BCUT2D eigenvalue weighted by Crippen LogP contribution is -2.32. The molecule has 2 heterocycles. The van der Waals surface area contributed by atoms with Gasteiger partial charge in [0.25, 0.3) is 0 Å². The SMILES string of the molecule is O=c1[nH]c2cccc(F)c2n1CC1CCNCC1. The number of imidazole rings is 1. The lowest BCUT2D eigenvalue weighted by Gasteiger charge is -2.22. The summed E-state index contributed by atoms with van der Waals surface area (Å²) in [5.74, 6) is 0.113. The lowest BCUT2D eigenvalue weighted by molar-refractivity contribution is 0.332. The third-order valence-corrected chi connectivity index (χ3v) is 3.64. The van der Waals surface area contributed by atoms with Crippen LogP contribution in [0.5, 0.6) is 0 Å². The summed E-state index contributed by atoms with van der Waals surface area (Å²) in [7, 11) is 0. The summed E-state index contributed by atoms with van der Waals surface area (Å²) in [6.07, 6.45) is 2.07. The molecule has 0 atom stereocenters. The van der Waals surface area contributed by atoms with Gasteiger partial charge in [0.1, 0.15) is 11.3 Å². The van der Waals surface area contributed by atoms with Gasteiger partial charge in [0.05, 0.1) is 5.52 Å². The van der Waals surface area contributed by atoms with Gasteiger partial charge in [-0.05, 0) is 44.0 Å². The van der Waals surface area contributed by atoms with Crippen molar-refractivity contribution in [3.05, 3.63) is 34.5 Å². The maximum atomic E-state index is 13.8. The van der Waals surface area contributed by atoms with E-state index in [4.69, 9.17) is 0 Å². The first kappa shape index (κ1) is 11.5. The van der Waals surface area contributed by atoms with E-state index in [-0.39, 0.29) is 11.5 Å². The van der Waals surface area contributed by atoms with Gasteiger partial charge in [-0.1, -0.05) is 6.07 Å². The molecule has 1 saturated heterocycles. The number of nitrogens with one attached hydrogen (secondary N) is 2. The molecule has 0 amide bonds. The first-order chi connectivity index (χ1) is 8.75. The fourth-order valence-electron chi connectivity index (χ4n) is 2.67. The summed E-state index contributed by atoms with van der Waals surface area (Å²) in [6.45, 7) is 2.55. The van der Waals surface area contributed by atoms with Crippen LogP contribution in [0.4, 0.5) is 4.39 Å². The monoisotopic (exact) mass is 249 g/mol. The average Bonchev–Trinajstić information content (AvgIpc) is 2.69. The van der Waals surface area contributed by atoms with Gasteiger partial charge in [0, 0.05) is 6.54 Å². The summed E-state index contributed by atoms with van der Waals surface area (Å²) >= 11 is 0. The van der Waals surface area contributed by atoms with E-state index in [0.29, 0.717) is 23.5 Å². The highest BCUT2D eigenvalue weighted by molar-refractivity contribution is 5.75. The zero-order chi connectivity index (χ0) is 12.5. The average molecular weight is 249 g/mol. The van der Waals surface area contributed by atoms with Crippen LogP contribution in [0.3, 0.4) is 0 Å². The Labute approximate surface area is 104 Å².